The Hall–Kier alpha value is -1.03. The summed E-state index contributed by atoms with van der Waals surface area (Å²) in [6.45, 7) is 6.97. The molecule has 1 aliphatic heterocycles. The number of hydrogen-bond acceptors (Lipinski definition) is 3. The van der Waals surface area contributed by atoms with Gasteiger partial charge in [-0.3, -0.25) is 0 Å². The van der Waals surface area contributed by atoms with E-state index in [1.807, 2.05) is 10.7 Å². The van der Waals surface area contributed by atoms with Crippen LogP contribution in [0.4, 0.5) is 5.82 Å². The molecule has 0 amide bonds. The van der Waals surface area contributed by atoms with Crippen LogP contribution in [0, 0.1) is 6.42 Å². The van der Waals surface area contributed by atoms with Gasteiger partial charge in [-0.05, 0) is 33.6 Å². The highest BCUT2D eigenvalue weighted by atomic mass is 16.5. The van der Waals surface area contributed by atoms with Gasteiger partial charge >= 0.3 is 0 Å². The highest BCUT2D eigenvalue weighted by Crippen LogP contribution is 2.29. The van der Waals surface area contributed by atoms with Gasteiger partial charge in [0, 0.05) is 6.07 Å². The average Bonchev–Trinajstić information content (AvgIpc) is 2.68. The fraction of sp³-hybridized carbons (Fsp3) is 0.636. The summed E-state index contributed by atoms with van der Waals surface area (Å²) in [6, 6.07) is 1.91. The molecule has 1 aromatic heterocycles. The van der Waals surface area contributed by atoms with Crippen molar-refractivity contribution in [2.75, 3.05) is 12.3 Å². The molecule has 0 saturated carbocycles. The van der Waals surface area contributed by atoms with Gasteiger partial charge in [0.05, 0.1) is 17.8 Å². The van der Waals surface area contributed by atoms with Crippen LogP contribution in [-0.4, -0.2) is 16.4 Å². The van der Waals surface area contributed by atoms with Crippen molar-refractivity contribution in [2.45, 2.75) is 38.8 Å². The maximum atomic E-state index is 5.93. The normalized spacial score (nSPS) is 22.2. The lowest BCUT2D eigenvalue weighted by molar-refractivity contribution is 0.110. The van der Waals surface area contributed by atoms with Crippen LogP contribution in [0.1, 0.15) is 39.0 Å². The third-order valence-electron chi connectivity index (χ3n) is 2.52. The Morgan fingerprint density at radius 2 is 2.27 bits per heavy atom. The van der Waals surface area contributed by atoms with Gasteiger partial charge in [-0.15, -0.1) is 0 Å². The molecule has 0 aromatic carbocycles. The molecular weight excluding hydrogens is 190 g/mol. The third kappa shape index (κ3) is 2.00. The van der Waals surface area contributed by atoms with Crippen molar-refractivity contribution >= 4 is 5.82 Å². The summed E-state index contributed by atoms with van der Waals surface area (Å²) < 4.78 is 7.38. The summed E-state index contributed by atoms with van der Waals surface area (Å²) in [7, 11) is 0. The first-order chi connectivity index (χ1) is 6.98. The molecule has 4 nitrogen and oxygen atoms in total. The van der Waals surface area contributed by atoms with Crippen LogP contribution < -0.4 is 5.73 Å². The Morgan fingerprint density at radius 1 is 1.53 bits per heavy atom. The van der Waals surface area contributed by atoms with Gasteiger partial charge in [0.2, 0.25) is 0 Å². The molecule has 83 valence electrons. The number of nitrogens with two attached hydrogens (primary N) is 1. The Balaban J connectivity index is 2.28. The minimum atomic E-state index is -0.0787. The SMILES string of the molecule is CC(C)(C)n1nc(C2C[CH]CO2)cc1N. The second-order valence-corrected chi connectivity index (χ2v) is 4.92. The van der Waals surface area contributed by atoms with E-state index in [1.165, 1.54) is 0 Å². The predicted molar refractivity (Wildman–Crippen MR) is 59.2 cm³/mol. The lowest BCUT2D eigenvalue weighted by Crippen LogP contribution is -2.24. The quantitative estimate of drug-likeness (QED) is 0.766. The lowest BCUT2D eigenvalue weighted by Gasteiger charge is -2.20. The van der Waals surface area contributed by atoms with E-state index in [-0.39, 0.29) is 11.6 Å². The average molecular weight is 208 g/mol. The third-order valence-corrected chi connectivity index (χ3v) is 2.52. The van der Waals surface area contributed by atoms with Crippen molar-refractivity contribution in [3.8, 4) is 0 Å². The van der Waals surface area contributed by atoms with Crippen molar-refractivity contribution in [3.63, 3.8) is 0 Å². The van der Waals surface area contributed by atoms with Crippen molar-refractivity contribution in [3.05, 3.63) is 18.2 Å². The summed E-state index contributed by atoms with van der Waals surface area (Å²) in [5.41, 5.74) is 6.79. The lowest BCUT2D eigenvalue weighted by atomic mass is 10.1. The van der Waals surface area contributed by atoms with Crippen molar-refractivity contribution in [1.29, 1.82) is 0 Å². The number of rotatable bonds is 1. The van der Waals surface area contributed by atoms with Gasteiger partial charge in [-0.2, -0.15) is 5.10 Å². The van der Waals surface area contributed by atoms with Gasteiger partial charge < -0.3 is 10.5 Å². The molecule has 1 aromatic rings. The van der Waals surface area contributed by atoms with Crippen molar-refractivity contribution < 1.29 is 4.74 Å². The molecule has 1 aliphatic rings. The zero-order chi connectivity index (χ0) is 11.1. The molecule has 1 fully saturated rings. The van der Waals surface area contributed by atoms with Gasteiger partial charge in [0.1, 0.15) is 11.9 Å². The summed E-state index contributed by atoms with van der Waals surface area (Å²) >= 11 is 0. The van der Waals surface area contributed by atoms with E-state index in [9.17, 15) is 0 Å². The Morgan fingerprint density at radius 3 is 2.73 bits per heavy atom. The minimum Gasteiger partial charge on any atom is -0.384 e. The summed E-state index contributed by atoms with van der Waals surface area (Å²) in [5, 5.41) is 4.51. The number of aromatic nitrogens is 2. The molecule has 1 saturated heterocycles. The second kappa shape index (κ2) is 3.52. The monoisotopic (exact) mass is 208 g/mol. The number of anilines is 1. The van der Waals surface area contributed by atoms with Gasteiger partial charge in [-0.25, -0.2) is 4.68 Å². The number of nitrogens with zero attached hydrogens (tertiary/aromatic N) is 2. The van der Waals surface area contributed by atoms with Crippen molar-refractivity contribution in [1.82, 2.24) is 9.78 Å². The van der Waals surface area contributed by atoms with Crippen LogP contribution in [0.5, 0.6) is 0 Å². The number of ether oxygens (including phenoxy) is 1. The van der Waals surface area contributed by atoms with E-state index >= 15 is 0 Å². The molecule has 1 radical (unpaired) electrons. The van der Waals surface area contributed by atoms with E-state index in [0.29, 0.717) is 12.4 Å². The van der Waals surface area contributed by atoms with Gasteiger partial charge in [0.25, 0.3) is 0 Å². The maximum Gasteiger partial charge on any atom is 0.122 e. The fourth-order valence-electron chi connectivity index (χ4n) is 1.79. The first-order valence-electron chi connectivity index (χ1n) is 5.27. The van der Waals surface area contributed by atoms with Crippen LogP contribution in [0.3, 0.4) is 0 Å². The fourth-order valence-corrected chi connectivity index (χ4v) is 1.79. The molecule has 4 heteroatoms. The topological polar surface area (TPSA) is 53.1 Å². The smallest absolute Gasteiger partial charge is 0.122 e. The van der Waals surface area contributed by atoms with E-state index < -0.39 is 0 Å². The van der Waals surface area contributed by atoms with E-state index in [4.69, 9.17) is 10.5 Å². The zero-order valence-electron chi connectivity index (χ0n) is 9.53. The Labute approximate surface area is 90.4 Å². The molecule has 15 heavy (non-hydrogen) atoms. The standard InChI is InChI=1S/C11H18N3O/c1-11(2,3)14-10(12)7-8(13-14)9-5-4-6-15-9/h4,7,9H,5-6,12H2,1-3H3. The predicted octanol–water partition coefficient (Wildman–Crippen LogP) is 1.89. The van der Waals surface area contributed by atoms with Crippen LogP contribution in [0.15, 0.2) is 6.07 Å². The Kier molecular flexibility index (Phi) is 2.46. The van der Waals surface area contributed by atoms with Crippen LogP contribution >= 0.6 is 0 Å². The van der Waals surface area contributed by atoms with Crippen LogP contribution in [-0.2, 0) is 10.3 Å². The van der Waals surface area contributed by atoms with E-state index in [2.05, 4.69) is 32.3 Å². The summed E-state index contributed by atoms with van der Waals surface area (Å²) in [4.78, 5) is 0. The largest absolute Gasteiger partial charge is 0.384 e. The van der Waals surface area contributed by atoms with E-state index in [1.54, 1.807) is 0 Å². The minimum absolute atomic E-state index is 0.0787. The summed E-state index contributed by atoms with van der Waals surface area (Å²) in [6.07, 6.45) is 3.15. The molecule has 2 N–H and O–H groups in total. The number of nitrogen functional groups attached to an aromatic ring is 1. The first kappa shape index (κ1) is 10.5. The van der Waals surface area contributed by atoms with Crippen LogP contribution in [0.2, 0.25) is 0 Å². The highest BCUT2D eigenvalue weighted by Gasteiger charge is 2.24. The molecule has 0 spiro atoms. The molecule has 0 bridgehead atoms. The van der Waals surface area contributed by atoms with Crippen LogP contribution in [0.25, 0.3) is 0 Å². The highest BCUT2D eigenvalue weighted by molar-refractivity contribution is 5.33. The van der Waals surface area contributed by atoms with Gasteiger partial charge in [0.15, 0.2) is 0 Å². The molecule has 1 unspecified atom stereocenters. The first-order valence-corrected chi connectivity index (χ1v) is 5.27. The van der Waals surface area contributed by atoms with Gasteiger partial charge in [-0.1, -0.05) is 0 Å². The molecule has 1 atom stereocenters. The summed E-state index contributed by atoms with van der Waals surface area (Å²) in [5.74, 6) is 0.702. The zero-order valence-corrected chi connectivity index (χ0v) is 9.53. The Bertz CT molecular complexity index is 345. The second-order valence-electron chi connectivity index (χ2n) is 4.92. The molecule has 0 aliphatic carbocycles. The molecule has 2 rings (SSSR count). The van der Waals surface area contributed by atoms with E-state index in [0.717, 1.165) is 12.1 Å². The molecule has 2 heterocycles. The van der Waals surface area contributed by atoms with Crippen molar-refractivity contribution in [2.24, 2.45) is 0 Å². The maximum absolute atomic E-state index is 5.93. The number of hydrogen-bond donors (Lipinski definition) is 1. The molecular formula is C11H18N3O.